The fourth-order valence-electron chi connectivity index (χ4n) is 2.51. The highest BCUT2D eigenvalue weighted by Gasteiger charge is 2.27. The van der Waals surface area contributed by atoms with Crippen LogP contribution in [0.3, 0.4) is 0 Å². The van der Waals surface area contributed by atoms with Crippen molar-refractivity contribution in [3.63, 3.8) is 0 Å². The van der Waals surface area contributed by atoms with Gasteiger partial charge in [0, 0.05) is 29.2 Å². The highest BCUT2D eigenvalue weighted by atomic mass is 79.9. The molecule has 0 saturated carbocycles. The second-order valence-corrected chi connectivity index (χ2v) is 6.10. The molecule has 0 aromatic heterocycles. The summed E-state index contributed by atoms with van der Waals surface area (Å²) in [5, 5.41) is 3.80. The number of rotatable bonds is 3. The van der Waals surface area contributed by atoms with E-state index in [0.29, 0.717) is 16.6 Å². The topological polar surface area (TPSA) is 32.3 Å². The Labute approximate surface area is 127 Å². The first-order chi connectivity index (χ1) is 9.13. The van der Waals surface area contributed by atoms with E-state index in [4.69, 9.17) is 11.6 Å². The van der Waals surface area contributed by atoms with E-state index in [9.17, 15) is 4.79 Å². The molecule has 0 aliphatic carbocycles. The summed E-state index contributed by atoms with van der Waals surface area (Å²) in [7, 11) is 1.93. The number of hydrogen-bond acceptors (Lipinski definition) is 2. The van der Waals surface area contributed by atoms with Crippen LogP contribution in [0.5, 0.6) is 0 Å². The monoisotopic (exact) mass is 344 g/mol. The summed E-state index contributed by atoms with van der Waals surface area (Å²) >= 11 is 9.34. The van der Waals surface area contributed by atoms with Gasteiger partial charge in [-0.1, -0.05) is 11.6 Å². The second kappa shape index (κ2) is 6.73. The van der Waals surface area contributed by atoms with Crippen LogP contribution in [0.4, 0.5) is 0 Å². The number of nitrogens with zero attached hydrogens (tertiary/aromatic N) is 1. The van der Waals surface area contributed by atoms with Gasteiger partial charge in [-0.05, 0) is 60.4 Å². The molecule has 2 rings (SSSR count). The molecule has 0 spiro atoms. The lowest BCUT2D eigenvalue weighted by Gasteiger charge is -2.35. The lowest BCUT2D eigenvalue weighted by atomic mass is 10.0. The zero-order valence-corrected chi connectivity index (χ0v) is 13.3. The van der Waals surface area contributed by atoms with Gasteiger partial charge in [-0.2, -0.15) is 0 Å². The zero-order valence-electron chi connectivity index (χ0n) is 11.0. The lowest BCUT2D eigenvalue weighted by molar-refractivity contribution is 0.0615. The molecule has 5 heteroatoms. The van der Waals surface area contributed by atoms with Crippen molar-refractivity contribution in [3.8, 4) is 0 Å². The van der Waals surface area contributed by atoms with E-state index in [1.54, 1.807) is 18.2 Å². The van der Waals surface area contributed by atoms with Crippen molar-refractivity contribution in [2.75, 3.05) is 20.1 Å². The number of piperidine rings is 1. The summed E-state index contributed by atoms with van der Waals surface area (Å²) in [6.07, 6.45) is 3.35. The van der Waals surface area contributed by atoms with Gasteiger partial charge in [0.15, 0.2) is 0 Å². The first kappa shape index (κ1) is 14.8. The average molecular weight is 346 g/mol. The summed E-state index contributed by atoms with van der Waals surface area (Å²) in [6.45, 7) is 1.69. The molecule has 1 amide bonds. The molecule has 0 bridgehead atoms. The van der Waals surface area contributed by atoms with Crippen molar-refractivity contribution in [1.29, 1.82) is 0 Å². The van der Waals surface area contributed by atoms with Gasteiger partial charge in [-0.25, -0.2) is 0 Å². The van der Waals surface area contributed by atoms with Gasteiger partial charge in [0.25, 0.3) is 5.91 Å². The molecular formula is C14H18BrClN2O. The summed E-state index contributed by atoms with van der Waals surface area (Å²) < 4.78 is 0.766. The van der Waals surface area contributed by atoms with Crippen LogP contribution in [-0.4, -0.2) is 37.0 Å². The van der Waals surface area contributed by atoms with Crippen molar-refractivity contribution in [1.82, 2.24) is 10.2 Å². The van der Waals surface area contributed by atoms with Crippen LogP contribution < -0.4 is 5.32 Å². The molecule has 104 valence electrons. The lowest BCUT2D eigenvalue weighted by Crippen LogP contribution is -2.48. The van der Waals surface area contributed by atoms with Gasteiger partial charge in [0.05, 0.1) is 5.02 Å². The van der Waals surface area contributed by atoms with E-state index in [2.05, 4.69) is 21.2 Å². The van der Waals surface area contributed by atoms with Crippen molar-refractivity contribution >= 4 is 33.4 Å². The number of halogens is 2. The Bertz CT molecular complexity index is 465. The van der Waals surface area contributed by atoms with Crippen LogP contribution in [0.15, 0.2) is 22.7 Å². The highest BCUT2D eigenvalue weighted by Crippen LogP contribution is 2.25. The van der Waals surface area contributed by atoms with Crippen molar-refractivity contribution in [3.05, 3.63) is 33.3 Å². The van der Waals surface area contributed by atoms with E-state index < -0.39 is 0 Å². The number of nitrogens with one attached hydrogen (secondary N) is 1. The van der Waals surface area contributed by atoms with Gasteiger partial charge in [-0.3, -0.25) is 4.79 Å². The van der Waals surface area contributed by atoms with Gasteiger partial charge >= 0.3 is 0 Å². The summed E-state index contributed by atoms with van der Waals surface area (Å²) in [5.74, 6) is 0.0947. The van der Waals surface area contributed by atoms with Crippen LogP contribution in [0.1, 0.15) is 29.6 Å². The van der Waals surface area contributed by atoms with Crippen molar-refractivity contribution in [2.24, 2.45) is 0 Å². The molecule has 0 radical (unpaired) electrons. The van der Waals surface area contributed by atoms with E-state index >= 15 is 0 Å². The third-order valence-corrected chi connectivity index (χ3v) is 4.71. The number of benzene rings is 1. The summed E-state index contributed by atoms with van der Waals surface area (Å²) in [5.41, 5.74) is 0.694. The Morgan fingerprint density at radius 1 is 1.53 bits per heavy atom. The third kappa shape index (κ3) is 3.50. The first-order valence-corrected chi connectivity index (χ1v) is 7.71. The van der Waals surface area contributed by atoms with Crippen LogP contribution in [0, 0.1) is 0 Å². The van der Waals surface area contributed by atoms with Crippen molar-refractivity contribution in [2.45, 2.75) is 25.3 Å². The fraction of sp³-hybridized carbons (Fsp3) is 0.500. The molecule has 1 atom stereocenters. The van der Waals surface area contributed by atoms with Gasteiger partial charge in [0.1, 0.15) is 0 Å². The number of amides is 1. The molecule has 1 aliphatic rings. The molecule has 3 nitrogen and oxygen atoms in total. The van der Waals surface area contributed by atoms with Crippen LogP contribution in [0.2, 0.25) is 5.02 Å². The predicted molar refractivity (Wildman–Crippen MR) is 81.8 cm³/mol. The van der Waals surface area contributed by atoms with Crippen LogP contribution >= 0.6 is 27.5 Å². The molecule has 1 fully saturated rings. The van der Waals surface area contributed by atoms with Crippen LogP contribution in [-0.2, 0) is 0 Å². The van der Waals surface area contributed by atoms with Crippen LogP contribution in [0.25, 0.3) is 0 Å². The first-order valence-electron chi connectivity index (χ1n) is 6.54. The predicted octanol–water partition coefficient (Wildman–Crippen LogP) is 3.32. The maximum atomic E-state index is 12.6. The Hall–Kier alpha value is -0.580. The Kier molecular flexibility index (Phi) is 5.25. The molecule has 1 saturated heterocycles. The van der Waals surface area contributed by atoms with Gasteiger partial charge in [-0.15, -0.1) is 0 Å². The molecule has 1 N–H and O–H groups in total. The number of likely N-dealkylation sites (N-methyl/N-ethyl adjacent to an activating group) is 1. The highest BCUT2D eigenvalue weighted by molar-refractivity contribution is 9.10. The minimum Gasteiger partial charge on any atom is -0.334 e. The average Bonchev–Trinajstić information content (AvgIpc) is 2.42. The molecule has 1 aliphatic heterocycles. The molecule has 19 heavy (non-hydrogen) atoms. The Morgan fingerprint density at radius 3 is 3.00 bits per heavy atom. The standard InChI is InChI=1S/C14H18BrClN2O/c1-17-9-11-4-2-3-7-18(11)14(19)10-5-6-13(16)12(15)8-10/h5-6,8,11,17H,2-4,7,9H2,1H3. The van der Waals surface area contributed by atoms with E-state index in [-0.39, 0.29) is 5.91 Å². The second-order valence-electron chi connectivity index (χ2n) is 4.83. The number of carbonyl (C=O) groups excluding carboxylic acids is 1. The minimum absolute atomic E-state index is 0.0947. The maximum absolute atomic E-state index is 12.6. The SMILES string of the molecule is CNCC1CCCCN1C(=O)c1ccc(Cl)c(Br)c1. The zero-order chi connectivity index (χ0) is 13.8. The molecule has 1 unspecified atom stereocenters. The summed E-state index contributed by atoms with van der Waals surface area (Å²) in [4.78, 5) is 14.6. The minimum atomic E-state index is 0.0947. The Balaban J connectivity index is 2.18. The quantitative estimate of drug-likeness (QED) is 0.911. The normalized spacial score (nSPS) is 19.5. The molecule has 1 aromatic carbocycles. The Morgan fingerprint density at radius 2 is 2.32 bits per heavy atom. The smallest absolute Gasteiger partial charge is 0.254 e. The van der Waals surface area contributed by atoms with E-state index in [0.717, 1.165) is 30.4 Å². The van der Waals surface area contributed by atoms with E-state index in [1.807, 2.05) is 11.9 Å². The molecular weight excluding hydrogens is 328 g/mol. The number of hydrogen-bond donors (Lipinski definition) is 1. The van der Waals surface area contributed by atoms with Crippen molar-refractivity contribution < 1.29 is 4.79 Å². The van der Waals surface area contributed by atoms with Gasteiger partial charge < -0.3 is 10.2 Å². The number of carbonyl (C=O) groups is 1. The van der Waals surface area contributed by atoms with Gasteiger partial charge in [0.2, 0.25) is 0 Å². The number of likely N-dealkylation sites (tertiary alicyclic amines) is 1. The molecule has 1 aromatic rings. The fourth-order valence-corrected chi connectivity index (χ4v) is 3.01. The third-order valence-electron chi connectivity index (χ3n) is 3.49. The summed E-state index contributed by atoms with van der Waals surface area (Å²) in [6, 6.07) is 5.65. The van der Waals surface area contributed by atoms with E-state index in [1.165, 1.54) is 6.42 Å². The maximum Gasteiger partial charge on any atom is 0.254 e. The largest absolute Gasteiger partial charge is 0.334 e. The molecule has 1 heterocycles.